The number of hydrogen-bond acceptors (Lipinski definition) is 5. The maximum atomic E-state index is 12.4. The van der Waals surface area contributed by atoms with Gasteiger partial charge in [-0.15, -0.1) is 0 Å². The lowest BCUT2D eigenvalue weighted by Crippen LogP contribution is -2.46. The molecule has 1 saturated heterocycles. The van der Waals surface area contributed by atoms with Gasteiger partial charge in [0.25, 0.3) is 5.91 Å². The highest BCUT2D eigenvalue weighted by atomic mass is 16.5. The van der Waals surface area contributed by atoms with Crippen molar-refractivity contribution in [3.63, 3.8) is 0 Å². The van der Waals surface area contributed by atoms with E-state index < -0.39 is 11.4 Å². The summed E-state index contributed by atoms with van der Waals surface area (Å²) in [7, 11) is 1.51. The number of carboxylic acids is 1. The van der Waals surface area contributed by atoms with Crippen molar-refractivity contribution in [2.45, 2.75) is 32.8 Å². The van der Waals surface area contributed by atoms with Crippen LogP contribution >= 0.6 is 0 Å². The van der Waals surface area contributed by atoms with E-state index in [1.54, 1.807) is 18.2 Å². The van der Waals surface area contributed by atoms with Gasteiger partial charge in [-0.1, -0.05) is 0 Å². The topological polar surface area (TPSA) is 94.1 Å². The summed E-state index contributed by atoms with van der Waals surface area (Å²) >= 11 is 0. The zero-order valence-corrected chi connectivity index (χ0v) is 14.8. The lowest BCUT2D eigenvalue weighted by atomic mass is 9.80. The third-order valence-corrected chi connectivity index (χ3v) is 4.28. The number of carboxylic acid groups (broad SMARTS) is 1. The van der Waals surface area contributed by atoms with E-state index in [0.717, 1.165) is 0 Å². The maximum absolute atomic E-state index is 12.4. The van der Waals surface area contributed by atoms with Crippen LogP contribution < -0.4 is 14.8 Å². The fourth-order valence-electron chi connectivity index (χ4n) is 2.74. The number of carbonyl (C=O) groups excluding carboxylic acids is 1. The van der Waals surface area contributed by atoms with Crippen molar-refractivity contribution in [2.24, 2.45) is 5.41 Å². The van der Waals surface area contributed by atoms with Crippen LogP contribution in [-0.2, 0) is 9.53 Å². The van der Waals surface area contributed by atoms with Crippen molar-refractivity contribution < 1.29 is 28.9 Å². The van der Waals surface area contributed by atoms with Crippen LogP contribution in [0.4, 0.5) is 0 Å². The minimum atomic E-state index is -0.974. The zero-order chi connectivity index (χ0) is 18.4. The normalized spacial score (nSPS) is 16.3. The number of carbonyl (C=O) groups is 2. The second-order valence-corrected chi connectivity index (χ2v) is 6.41. The van der Waals surface area contributed by atoms with Crippen LogP contribution in [0.3, 0.4) is 0 Å². The first-order valence-electron chi connectivity index (χ1n) is 8.32. The van der Waals surface area contributed by atoms with Crippen LogP contribution in [0.25, 0.3) is 0 Å². The summed E-state index contributed by atoms with van der Waals surface area (Å²) in [5.74, 6) is -0.239. The molecule has 1 aromatic carbocycles. The summed E-state index contributed by atoms with van der Waals surface area (Å²) in [5.41, 5.74) is -0.584. The number of methoxy groups -OCH3 is 1. The van der Waals surface area contributed by atoms with Gasteiger partial charge >= 0.3 is 5.97 Å². The lowest BCUT2D eigenvalue weighted by molar-refractivity contribution is -0.154. The Bertz CT molecular complexity index is 622. The first kappa shape index (κ1) is 19.1. The van der Waals surface area contributed by atoms with Gasteiger partial charge in [0, 0.05) is 25.3 Å². The average Bonchev–Trinajstić information content (AvgIpc) is 2.60. The number of ether oxygens (including phenoxy) is 3. The molecule has 1 heterocycles. The Balaban J connectivity index is 2.08. The molecule has 0 aromatic heterocycles. The van der Waals surface area contributed by atoms with Gasteiger partial charge in [0.2, 0.25) is 0 Å². The van der Waals surface area contributed by atoms with Gasteiger partial charge in [-0.3, -0.25) is 9.59 Å². The van der Waals surface area contributed by atoms with Gasteiger partial charge in [0.15, 0.2) is 11.5 Å². The standard InChI is InChI=1S/C18H25NO6/c1-12(2)25-14-5-4-13(10-15(14)23-3)16(20)19-11-18(17(21)22)6-8-24-9-7-18/h4-5,10,12H,6-9,11H2,1-3H3,(H,19,20)(H,21,22). The van der Waals surface area contributed by atoms with Crippen molar-refractivity contribution in [2.75, 3.05) is 26.9 Å². The van der Waals surface area contributed by atoms with Crippen molar-refractivity contribution in [1.82, 2.24) is 5.32 Å². The molecule has 0 spiro atoms. The van der Waals surface area contributed by atoms with E-state index in [4.69, 9.17) is 14.2 Å². The Morgan fingerprint density at radius 2 is 1.96 bits per heavy atom. The average molecular weight is 351 g/mol. The Morgan fingerprint density at radius 3 is 2.52 bits per heavy atom. The van der Waals surface area contributed by atoms with Crippen LogP contribution in [-0.4, -0.2) is 50.0 Å². The van der Waals surface area contributed by atoms with Crippen LogP contribution in [0.5, 0.6) is 11.5 Å². The fraction of sp³-hybridized carbons (Fsp3) is 0.556. The smallest absolute Gasteiger partial charge is 0.311 e. The maximum Gasteiger partial charge on any atom is 0.311 e. The molecule has 0 saturated carbocycles. The Labute approximate surface area is 147 Å². The third kappa shape index (κ3) is 4.63. The highest BCUT2D eigenvalue weighted by Crippen LogP contribution is 2.31. The minimum absolute atomic E-state index is 0.0162. The lowest BCUT2D eigenvalue weighted by Gasteiger charge is -2.33. The molecular formula is C18H25NO6. The highest BCUT2D eigenvalue weighted by molar-refractivity contribution is 5.95. The summed E-state index contributed by atoms with van der Waals surface area (Å²) in [5, 5.41) is 12.3. The number of benzene rings is 1. The second kappa shape index (κ2) is 8.20. The summed E-state index contributed by atoms with van der Waals surface area (Å²) in [6.07, 6.45) is 0.748. The molecule has 0 radical (unpaired) electrons. The Hall–Kier alpha value is -2.28. The van der Waals surface area contributed by atoms with Gasteiger partial charge in [0.1, 0.15) is 0 Å². The molecule has 1 aromatic rings. The van der Waals surface area contributed by atoms with E-state index in [0.29, 0.717) is 43.1 Å². The quantitative estimate of drug-likeness (QED) is 0.781. The van der Waals surface area contributed by atoms with Gasteiger partial charge < -0.3 is 24.6 Å². The third-order valence-electron chi connectivity index (χ3n) is 4.28. The molecule has 2 N–H and O–H groups in total. The number of amides is 1. The van der Waals surface area contributed by atoms with E-state index in [1.807, 2.05) is 13.8 Å². The monoisotopic (exact) mass is 351 g/mol. The molecule has 1 amide bonds. The Morgan fingerprint density at radius 1 is 1.28 bits per heavy atom. The highest BCUT2D eigenvalue weighted by Gasteiger charge is 2.40. The van der Waals surface area contributed by atoms with E-state index in [9.17, 15) is 14.7 Å². The van der Waals surface area contributed by atoms with Gasteiger partial charge in [-0.25, -0.2) is 0 Å². The molecule has 0 aliphatic carbocycles. The Kier molecular flexibility index (Phi) is 6.25. The predicted octanol–water partition coefficient (Wildman–Crippen LogP) is 2.09. The van der Waals surface area contributed by atoms with Crippen molar-refractivity contribution in [3.05, 3.63) is 23.8 Å². The van der Waals surface area contributed by atoms with Gasteiger partial charge in [-0.2, -0.15) is 0 Å². The van der Waals surface area contributed by atoms with E-state index in [2.05, 4.69) is 5.32 Å². The zero-order valence-electron chi connectivity index (χ0n) is 14.8. The number of nitrogens with one attached hydrogen (secondary N) is 1. The SMILES string of the molecule is COc1cc(C(=O)NCC2(C(=O)O)CCOCC2)ccc1OC(C)C. The first-order chi connectivity index (χ1) is 11.9. The number of rotatable bonds is 7. The largest absolute Gasteiger partial charge is 0.493 e. The second-order valence-electron chi connectivity index (χ2n) is 6.41. The van der Waals surface area contributed by atoms with E-state index >= 15 is 0 Å². The number of hydrogen-bond donors (Lipinski definition) is 2. The van der Waals surface area contributed by atoms with Crippen molar-refractivity contribution in [1.29, 1.82) is 0 Å². The van der Waals surface area contributed by atoms with Crippen LogP contribution in [0.15, 0.2) is 18.2 Å². The van der Waals surface area contributed by atoms with Crippen LogP contribution in [0.1, 0.15) is 37.0 Å². The summed E-state index contributed by atoms with van der Waals surface area (Å²) in [6, 6.07) is 4.90. The summed E-state index contributed by atoms with van der Waals surface area (Å²) in [4.78, 5) is 24.1. The predicted molar refractivity (Wildman–Crippen MR) is 91.2 cm³/mol. The summed E-state index contributed by atoms with van der Waals surface area (Å²) < 4.78 is 16.1. The molecule has 0 atom stereocenters. The first-order valence-corrected chi connectivity index (χ1v) is 8.32. The van der Waals surface area contributed by atoms with Crippen LogP contribution in [0.2, 0.25) is 0 Å². The minimum Gasteiger partial charge on any atom is -0.493 e. The fourth-order valence-corrected chi connectivity index (χ4v) is 2.74. The molecule has 0 unspecified atom stereocenters. The molecule has 25 heavy (non-hydrogen) atoms. The molecule has 2 rings (SSSR count). The molecule has 1 aliphatic heterocycles. The molecule has 7 heteroatoms. The molecule has 0 bridgehead atoms. The van der Waals surface area contributed by atoms with E-state index in [1.165, 1.54) is 7.11 Å². The molecule has 1 fully saturated rings. The molecule has 1 aliphatic rings. The molecule has 138 valence electrons. The van der Waals surface area contributed by atoms with Crippen molar-refractivity contribution >= 4 is 11.9 Å². The number of aliphatic carboxylic acids is 1. The van der Waals surface area contributed by atoms with Crippen molar-refractivity contribution in [3.8, 4) is 11.5 Å². The summed E-state index contributed by atoms with van der Waals surface area (Å²) in [6.45, 7) is 4.64. The molecule has 7 nitrogen and oxygen atoms in total. The molecular weight excluding hydrogens is 326 g/mol. The van der Waals surface area contributed by atoms with Gasteiger partial charge in [0.05, 0.1) is 18.6 Å². The van der Waals surface area contributed by atoms with E-state index in [-0.39, 0.29) is 18.6 Å². The van der Waals surface area contributed by atoms with Gasteiger partial charge in [-0.05, 0) is 44.9 Å². The van der Waals surface area contributed by atoms with Crippen LogP contribution in [0, 0.1) is 5.41 Å².